The number of carbonyl (C=O) groups excluding carboxylic acids is 2. The van der Waals surface area contributed by atoms with Gasteiger partial charge in [0, 0.05) is 16.5 Å². The first kappa shape index (κ1) is 13.0. The van der Waals surface area contributed by atoms with Crippen molar-refractivity contribution in [3.63, 3.8) is 0 Å². The maximum Gasteiger partial charge on any atom is 0.344 e. The summed E-state index contributed by atoms with van der Waals surface area (Å²) in [5, 5.41) is 1.03. The Hall–Kier alpha value is -3.47. The van der Waals surface area contributed by atoms with Crippen molar-refractivity contribution in [2.45, 2.75) is 0 Å². The Bertz CT molecular complexity index is 1260. The number of aromatic nitrogens is 1. The van der Waals surface area contributed by atoms with Crippen LogP contribution < -0.4 is 5.63 Å². The third kappa shape index (κ3) is 1.46. The number of hydrogen-bond donors (Lipinski definition) is 1. The van der Waals surface area contributed by atoms with E-state index in [-0.39, 0.29) is 28.4 Å². The summed E-state index contributed by atoms with van der Waals surface area (Å²) >= 11 is 0. The van der Waals surface area contributed by atoms with E-state index in [0.29, 0.717) is 27.4 Å². The zero-order valence-electron chi connectivity index (χ0n) is 12.3. The summed E-state index contributed by atoms with van der Waals surface area (Å²) in [6, 6.07) is 13.6. The number of ketones is 2. The summed E-state index contributed by atoms with van der Waals surface area (Å²) in [6.07, 6.45) is 0. The molecule has 1 aliphatic rings. The first-order chi connectivity index (χ1) is 11.7. The van der Waals surface area contributed by atoms with E-state index in [4.69, 9.17) is 4.42 Å². The number of carbonyl (C=O) groups is 2. The van der Waals surface area contributed by atoms with E-state index in [1.54, 1.807) is 48.5 Å². The van der Waals surface area contributed by atoms with E-state index in [2.05, 4.69) is 4.98 Å². The van der Waals surface area contributed by atoms with Gasteiger partial charge in [-0.25, -0.2) is 4.79 Å². The van der Waals surface area contributed by atoms with Gasteiger partial charge < -0.3 is 9.40 Å². The molecule has 5 heteroatoms. The van der Waals surface area contributed by atoms with Gasteiger partial charge in [-0.3, -0.25) is 9.59 Å². The lowest BCUT2D eigenvalue weighted by Crippen LogP contribution is -2.20. The van der Waals surface area contributed by atoms with Gasteiger partial charge in [0.05, 0.1) is 16.5 Å². The number of fused-ring (bicyclic) bond motifs is 6. The zero-order valence-corrected chi connectivity index (χ0v) is 12.3. The number of H-pyrrole nitrogens is 1. The van der Waals surface area contributed by atoms with Crippen LogP contribution in [0.1, 0.15) is 32.0 Å². The van der Waals surface area contributed by atoms with Crippen LogP contribution in [0.4, 0.5) is 0 Å². The fourth-order valence-electron chi connectivity index (χ4n) is 3.34. The minimum atomic E-state index is -0.529. The van der Waals surface area contributed by atoms with Crippen molar-refractivity contribution in [2.24, 2.45) is 0 Å². The minimum Gasteiger partial charge on any atom is -0.420 e. The van der Waals surface area contributed by atoms with E-state index in [1.807, 2.05) is 0 Å². The van der Waals surface area contributed by atoms with Gasteiger partial charge in [-0.1, -0.05) is 42.5 Å². The molecule has 2 heterocycles. The molecule has 1 aliphatic carbocycles. The molecule has 0 saturated heterocycles. The highest BCUT2D eigenvalue weighted by Gasteiger charge is 2.34. The molecule has 2 aromatic carbocycles. The topological polar surface area (TPSA) is 80.1 Å². The Kier molecular flexibility index (Phi) is 2.33. The molecule has 4 aromatic rings. The average Bonchev–Trinajstić information content (AvgIpc) is 3.00. The van der Waals surface area contributed by atoms with Crippen molar-refractivity contribution in [1.29, 1.82) is 0 Å². The molecule has 5 nitrogen and oxygen atoms in total. The van der Waals surface area contributed by atoms with Crippen LogP contribution in [0.5, 0.6) is 0 Å². The highest BCUT2D eigenvalue weighted by molar-refractivity contribution is 6.32. The highest BCUT2D eigenvalue weighted by Crippen LogP contribution is 2.34. The van der Waals surface area contributed by atoms with Gasteiger partial charge in [-0.2, -0.15) is 0 Å². The predicted molar refractivity (Wildman–Crippen MR) is 87.6 cm³/mol. The first-order valence-electron chi connectivity index (χ1n) is 7.43. The van der Waals surface area contributed by atoms with Gasteiger partial charge in [-0.15, -0.1) is 0 Å². The number of hydrogen-bond acceptors (Lipinski definition) is 4. The fraction of sp³-hybridized carbons (Fsp3) is 0. The van der Waals surface area contributed by atoms with Crippen molar-refractivity contribution in [1.82, 2.24) is 4.98 Å². The second kappa shape index (κ2) is 4.29. The zero-order chi connectivity index (χ0) is 16.4. The summed E-state index contributed by atoms with van der Waals surface area (Å²) in [6.45, 7) is 0. The molecule has 1 N–H and O–H groups in total. The molecular weight excluding hydrogens is 306 g/mol. The summed E-state index contributed by atoms with van der Waals surface area (Å²) in [7, 11) is 0. The fourth-order valence-corrected chi connectivity index (χ4v) is 3.34. The Morgan fingerprint density at radius 3 is 2.12 bits per heavy atom. The van der Waals surface area contributed by atoms with E-state index in [9.17, 15) is 14.4 Å². The molecule has 0 amide bonds. The average molecular weight is 315 g/mol. The normalized spacial score (nSPS) is 13.3. The lowest BCUT2D eigenvalue weighted by Gasteiger charge is -2.13. The van der Waals surface area contributed by atoms with Crippen molar-refractivity contribution < 1.29 is 14.0 Å². The Balaban J connectivity index is 1.98. The third-order valence-electron chi connectivity index (χ3n) is 4.44. The number of nitrogens with one attached hydrogen (secondary N) is 1. The standard InChI is InChI=1S/C19H9NO4/c21-16-10-6-2-3-7-11(10)17(22)15-13(16)18-14(20-15)9-5-1-4-8-12(9)19(23)24-18/h1-8,20H. The van der Waals surface area contributed by atoms with Gasteiger partial charge in [0.15, 0.2) is 11.4 Å². The van der Waals surface area contributed by atoms with Crippen LogP contribution >= 0.6 is 0 Å². The molecular formula is C19H9NO4. The maximum atomic E-state index is 12.8. The lowest BCUT2D eigenvalue weighted by molar-refractivity contribution is 0.0977. The van der Waals surface area contributed by atoms with E-state index >= 15 is 0 Å². The molecule has 0 spiro atoms. The van der Waals surface area contributed by atoms with Crippen LogP contribution in [0.3, 0.4) is 0 Å². The van der Waals surface area contributed by atoms with Crippen LogP contribution in [0.15, 0.2) is 57.7 Å². The molecule has 5 rings (SSSR count). The maximum absolute atomic E-state index is 12.8. The van der Waals surface area contributed by atoms with Gasteiger partial charge in [0.1, 0.15) is 5.69 Å². The van der Waals surface area contributed by atoms with Crippen molar-refractivity contribution >= 4 is 33.4 Å². The molecule has 24 heavy (non-hydrogen) atoms. The Morgan fingerprint density at radius 2 is 1.38 bits per heavy atom. The first-order valence-corrected chi connectivity index (χ1v) is 7.43. The van der Waals surface area contributed by atoms with Crippen molar-refractivity contribution in [3.8, 4) is 0 Å². The summed E-state index contributed by atoms with van der Waals surface area (Å²) in [5.41, 5.74) is 1.09. The van der Waals surface area contributed by atoms with E-state index in [0.717, 1.165) is 0 Å². The molecule has 0 saturated carbocycles. The molecule has 0 atom stereocenters. The molecule has 0 fully saturated rings. The molecule has 2 aromatic heterocycles. The van der Waals surface area contributed by atoms with Crippen molar-refractivity contribution in [2.75, 3.05) is 0 Å². The van der Waals surface area contributed by atoms with Crippen molar-refractivity contribution in [3.05, 3.63) is 81.3 Å². The van der Waals surface area contributed by atoms with Gasteiger partial charge in [0.2, 0.25) is 5.78 Å². The van der Waals surface area contributed by atoms with Crippen LogP contribution in [-0.2, 0) is 0 Å². The summed E-state index contributed by atoms with van der Waals surface area (Å²) < 4.78 is 5.39. The monoisotopic (exact) mass is 315 g/mol. The molecule has 0 bridgehead atoms. The molecule has 114 valence electrons. The SMILES string of the molecule is O=C1c2ccccc2C(=O)c2c1[nH]c1c2oc(=O)c2ccccc21. The van der Waals surface area contributed by atoms with E-state index < -0.39 is 5.63 Å². The number of rotatable bonds is 0. The minimum absolute atomic E-state index is 0.136. The lowest BCUT2D eigenvalue weighted by atomic mass is 9.88. The van der Waals surface area contributed by atoms with Gasteiger partial charge in [-0.05, 0) is 6.07 Å². The third-order valence-corrected chi connectivity index (χ3v) is 4.44. The van der Waals surface area contributed by atoms with Gasteiger partial charge in [0.25, 0.3) is 0 Å². The van der Waals surface area contributed by atoms with Crippen LogP contribution in [-0.4, -0.2) is 16.6 Å². The second-order valence-electron chi connectivity index (χ2n) is 5.72. The smallest absolute Gasteiger partial charge is 0.344 e. The van der Waals surface area contributed by atoms with Gasteiger partial charge >= 0.3 is 5.63 Å². The van der Waals surface area contributed by atoms with Crippen LogP contribution in [0.25, 0.3) is 21.9 Å². The molecule has 0 unspecified atom stereocenters. The van der Waals surface area contributed by atoms with Crippen LogP contribution in [0.2, 0.25) is 0 Å². The molecule has 0 radical (unpaired) electrons. The number of benzene rings is 2. The largest absolute Gasteiger partial charge is 0.420 e. The van der Waals surface area contributed by atoms with Crippen LogP contribution in [0, 0.1) is 0 Å². The Morgan fingerprint density at radius 1 is 0.750 bits per heavy atom. The highest BCUT2D eigenvalue weighted by atomic mass is 16.4. The number of aromatic amines is 1. The Labute approximate surface area is 134 Å². The second-order valence-corrected chi connectivity index (χ2v) is 5.72. The quantitative estimate of drug-likeness (QED) is 0.476. The summed E-state index contributed by atoms with van der Waals surface area (Å²) in [5.74, 6) is -0.590. The molecule has 0 aliphatic heterocycles. The van der Waals surface area contributed by atoms with E-state index in [1.165, 1.54) is 0 Å². The predicted octanol–water partition coefficient (Wildman–Crippen LogP) is 3.05. The summed E-state index contributed by atoms with van der Waals surface area (Å²) in [4.78, 5) is 40.8.